The first-order chi connectivity index (χ1) is 13.8. The number of carbonyl (C=O) groups excluding carboxylic acids is 1. The summed E-state index contributed by atoms with van der Waals surface area (Å²) in [6, 6.07) is 9.06. The first-order valence-electron chi connectivity index (χ1n) is 8.84. The standard InChI is InChI=1S/C21H18BrClINO4/c1-4-11(2)28-19-15(22)7-12(9-18(19)27-3)8-17-21(26)29-20(25-17)14-10-13(24)5-6-16(14)23/h5-11H,4H2,1-3H3/b17-8-. The van der Waals surface area contributed by atoms with Gasteiger partial charge < -0.3 is 14.2 Å². The van der Waals surface area contributed by atoms with E-state index in [9.17, 15) is 4.79 Å². The zero-order chi connectivity index (χ0) is 21.1. The van der Waals surface area contributed by atoms with E-state index in [2.05, 4.69) is 43.5 Å². The van der Waals surface area contributed by atoms with Crippen molar-refractivity contribution in [2.75, 3.05) is 7.11 Å². The molecule has 1 aliphatic rings. The molecular formula is C21H18BrClINO4. The van der Waals surface area contributed by atoms with Crippen molar-refractivity contribution in [2.24, 2.45) is 4.99 Å². The lowest BCUT2D eigenvalue weighted by molar-refractivity contribution is -0.129. The molecule has 0 fully saturated rings. The number of methoxy groups -OCH3 is 1. The molecular weight excluding hydrogens is 572 g/mol. The molecule has 8 heteroatoms. The van der Waals surface area contributed by atoms with Crippen LogP contribution < -0.4 is 9.47 Å². The van der Waals surface area contributed by atoms with E-state index in [4.69, 9.17) is 25.8 Å². The largest absolute Gasteiger partial charge is 0.493 e. The minimum Gasteiger partial charge on any atom is -0.493 e. The highest BCUT2D eigenvalue weighted by atomic mass is 127. The van der Waals surface area contributed by atoms with Crippen molar-refractivity contribution in [3.63, 3.8) is 0 Å². The van der Waals surface area contributed by atoms with Gasteiger partial charge in [0, 0.05) is 3.57 Å². The maximum Gasteiger partial charge on any atom is 0.363 e. The number of nitrogens with zero attached hydrogens (tertiary/aromatic N) is 1. The fraction of sp³-hybridized carbons (Fsp3) is 0.238. The second kappa shape index (κ2) is 9.49. The average Bonchev–Trinajstić information content (AvgIpc) is 3.05. The van der Waals surface area contributed by atoms with E-state index in [-0.39, 0.29) is 17.7 Å². The van der Waals surface area contributed by atoms with Crippen molar-refractivity contribution in [3.05, 3.63) is 60.2 Å². The minimum atomic E-state index is -0.537. The molecule has 0 radical (unpaired) electrons. The van der Waals surface area contributed by atoms with E-state index in [1.54, 1.807) is 25.3 Å². The van der Waals surface area contributed by atoms with Crippen molar-refractivity contribution in [2.45, 2.75) is 26.4 Å². The maximum absolute atomic E-state index is 12.3. The van der Waals surface area contributed by atoms with E-state index in [1.807, 2.05) is 32.0 Å². The number of esters is 1. The molecule has 5 nitrogen and oxygen atoms in total. The molecule has 0 N–H and O–H groups in total. The van der Waals surface area contributed by atoms with Crippen molar-refractivity contribution >= 4 is 68.1 Å². The van der Waals surface area contributed by atoms with Gasteiger partial charge in [-0.3, -0.25) is 0 Å². The van der Waals surface area contributed by atoms with Gasteiger partial charge in [0.25, 0.3) is 0 Å². The zero-order valence-electron chi connectivity index (χ0n) is 16.0. The molecule has 29 heavy (non-hydrogen) atoms. The summed E-state index contributed by atoms with van der Waals surface area (Å²) >= 11 is 11.9. The normalized spacial score (nSPS) is 15.9. The van der Waals surface area contributed by atoms with E-state index in [0.29, 0.717) is 22.1 Å². The monoisotopic (exact) mass is 589 g/mol. The molecule has 1 atom stereocenters. The summed E-state index contributed by atoms with van der Waals surface area (Å²) in [4.78, 5) is 16.7. The molecule has 1 heterocycles. The third kappa shape index (κ3) is 5.13. The van der Waals surface area contributed by atoms with Crippen LogP contribution >= 0.6 is 50.1 Å². The van der Waals surface area contributed by atoms with E-state index < -0.39 is 5.97 Å². The molecule has 2 aromatic rings. The Morgan fingerprint density at radius 2 is 2.10 bits per heavy atom. The lowest BCUT2D eigenvalue weighted by atomic mass is 10.1. The fourth-order valence-corrected chi connectivity index (χ4v) is 3.81. The van der Waals surface area contributed by atoms with Crippen LogP contribution in [0.5, 0.6) is 11.5 Å². The van der Waals surface area contributed by atoms with Crippen LogP contribution in [-0.4, -0.2) is 25.1 Å². The van der Waals surface area contributed by atoms with Gasteiger partial charge in [-0.25, -0.2) is 9.79 Å². The summed E-state index contributed by atoms with van der Waals surface area (Å²) in [5, 5.41) is 0.467. The molecule has 0 amide bonds. The second-order valence-corrected chi connectivity index (χ2v) is 8.84. The summed E-state index contributed by atoms with van der Waals surface area (Å²) in [5.41, 5.74) is 1.47. The third-order valence-corrected chi connectivity index (χ3v) is 5.82. The summed E-state index contributed by atoms with van der Waals surface area (Å²) in [5.74, 6) is 0.827. The second-order valence-electron chi connectivity index (χ2n) is 6.33. The van der Waals surface area contributed by atoms with Crippen molar-refractivity contribution in [1.29, 1.82) is 0 Å². The van der Waals surface area contributed by atoms with Crippen LogP contribution in [0.15, 0.2) is 45.5 Å². The van der Waals surface area contributed by atoms with E-state index >= 15 is 0 Å². The number of carbonyl (C=O) groups is 1. The Hall–Kier alpha value is -1.58. The molecule has 1 aliphatic heterocycles. The number of ether oxygens (including phenoxy) is 3. The Bertz CT molecular complexity index is 1020. The molecule has 1 unspecified atom stereocenters. The van der Waals surface area contributed by atoms with Crippen LogP contribution in [0.1, 0.15) is 31.4 Å². The van der Waals surface area contributed by atoms with Crippen LogP contribution in [0.3, 0.4) is 0 Å². The molecule has 0 aliphatic carbocycles. The average molecular weight is 591 g/mol. The zero-order valence-corrected chi connectivity index (χ0v) is 20.5. The van der Waals surface area contributed by atoms with Crippen LogP contribution in [0.25, 0.3) is 6.08 Å². The molecule has 0 bridgehead atoms. The van der Waals surface area contributed by atoms with Crippen molar-refractivity contribution in [3.8, 4) is 11.5 Å². The number of benzene rings is 2. The van der Waals surface area contributed by atoms with Gasteiger partial charge in [0.15, 0.2) is 17.2 Å². The summed E-state index contributed by atoms with van der Waals surface area (Å²) in [7, 11) is 1.57. The maximum atomic E-state index is 12.3. The molecule has 0 aromatic heterocycles. The quantitative estimate of drug-likeness (QED) is 0.227. The van der Waals surface area contributed by atoms with Crippen LogP contribution in [0.4, 0.5) is 0 Å². The Morgan fingerprint density at radius 1 is 1.34 bits per heavy atom. The third-order valence-electron chi connectivity index (χ3n) is 4.23. The van der Waals surface area contributed by atoms with Gasteiger partial charge in [-0.1, -0.05) is 18.5 Å². The Kier molecular flexibility index (Phi) is 7.23. The van der Waals surface area contributed by atoms with Gasteiger partial charge in [0.2, 0.25) is 5.90 Å². The highest BCUT2D eigenvalue weighted by Gasteiger charge is 2.26. The first-order valence-corrected chi connectivity index (χ1v) is 11.1. The van der Waals surface area contributed by atoms with Gasteiger partial charge in [0.05, 0.1) is 28.3 Å². The van der Waals surface area contributed by atoms with Crippen LogP contribution in [0.2, 0.25) is 5.02 Å². The summed E-state index contributed by atoms with van der Waals surface area (Å²) < 4.78 is 18.4. The highest BCUT2D eigenvalue weighted by Crippen LogP contribution is 2.38. The van der Waals surface area contributed by atoms with Gasteiger partial charge in [0.1, 0.15) is 0 Å². The fourth-order valence-electron chi connectivity index (χ4n) is 2.57. The predicted octanol–water partition coefficient (Wildman–Crippen LogP) is 6.24. The molecule has 152 valence electrons. The molecule has 0 saturated carbocycles. The Morgan fingerprint density at radius 3 is 2.79 bits per heavy atom. The SMILES string of the molecule is CCC(C)Oc1c(Br)cc(/C=C2\N=C(c3cc(I)ccc3Cl)OC2=O)cc1OC. The Balaban J connectivity index is 1.97. The number of hydrogen-bond acceptors (Lipinski definition) is 5. The van der Waals surface area contributed by atoms with E-state index in [0.717, 1.165) is 20.0 Å². The smallest absolute Gasteiger partial charge is 0.363 e. The number of halogens is 3. The van der Waals surface area contributed by atoms with Gasteiger partial charge in [-0.2, -0.15) is 0 Å². The lowest BCUT2D eigenvalue weighted by Gasteiger charge is -2.17. The minimum absolute atomic E-state index is 0.0415. The Labute approximate surface area is 196 Å². The number of hydrogen-bond donors (Lipinski definition) is 0. The lowest BCUT2D eigenvalue weighted by Crippen LogP contribution is -2.11. The highest BCUT2D eigenvalue weighted by molar-refractivity contribution is 14.1. The topological polar surface area (TPSA) is 57.1 Å². The van der Waals surface area contributed by atoms with E-state index in [1.165, 1.54) is 0 Å². The molecule has 0 spiro atoms. The molecule has 3 rings (SSSR count). The van der Waals surface area contributed by atoms with Gasteiger partial charge >= 0.3 is 5.97 Å². The van der Waals surface area contributed by atoms with Gasteiger partial charge in [-0.15, -0.1) is 0 Å². The molecule has 2 aromatic carbocycles. The van der Waals surface area contributed by atoms with Crippen molar-refractivity contribution in [1.82, 2.24) is 0 Å². The van der Waals surface area contributed by atoms with Crippen molar-refractivity contribution < 1.29 is 19.0 Å². The van der Waals surface area contributed by atoms with Gasteiger partial charge in [-0.05, 0) is 93.8 Å². The number of rotatable bonds is 6. The summed E-state index contributed by atoms with van der Waals surface area (Å²) in [6.45, 7) is 4.04. The number of cyclic esters (lactones) is 1. The number of aliphatic imine (C=N–C) groups is 1. The van der Waals surface area contributed by atoms with Crippen LogP contribution in [0, 0.1) is 3.57 Å². The first kappa shape index (κ1) is 22.1. The summed E-state index contributed by atoms with van der Waals surface area (Å²) in [6.07, 6.45) is 2.54. The predicted molar refractivity (Wildman–Crippen MR) is 126 cm³/mol. The van der Waals surface area contributed by atoms with Crippen LogP contribution in [-0.2, 0) is 9.53 Å². The molecule has 0 saturated heterocycles.